The highest BCUT2D eigenvalue weighted by Crippen LogP contribution is 2.21. The fourth-order valence-corrected chi connectivity index (χ4v) is 2.12. The molecule has 1 atom stereocenters. The lowest BCUT2D eigenvalue weighted by Gasteiger charge is -2.28. The summed E-state index contributed by atoms with van der Waals surface area (Å²) in [4.78, 5) is 11.0. The molecule has 7 heteroatoms. The molecule has 1 rings (SSSR count). The van der Waals surface area contributed by atoms with Crippen LogP contribution in [0, 0.1) is 6.92 Å². The second-order valence-electron chi connectivity index (χ2n) is 4.32. The number of nitrogens with zero attached hydrogens (tertiary/aromatic N) is 2. The normalized spacial score (nSPS) is 15.5. The first kappa shape index (κ1) is 13.7. The van der Waals surface area contributed by atoms with Crippen LogP contribution in [-0.4, -0.2) is 35.2 Å². The molecule has 0 radical (unpaired) electrons. The summed E-state index contributed by atoms with van der Waals surface area (Å²) in [7, 11) is -3.73. The van der Waals surface area contributed by atoms with Crippen molar-refractivity contribution in [3.05, 3.63) is 18.0 Å². The van der Waals surface area contributed by atoms with Gasteiger partial charge in [-0.2, -0.15) is 5.10 Å². The van der Waals surface area contributed by atoms with Crippen LogP contribution in [0.4, 0.5) is 0 Å². The summed E-state index contributed by atoms with van der Waals surface area (Å²) in [5.41, 5.74) is 0.930. The molecule has 17 heavy (non-hydrogen) atoms. The summed E-state index contributed by atoms with van der Waals surface area (Å²) >= 11 is 0. The largest absolute Gasteiger partial charge is 0.548 e. The van der Waals surface area contributed by atoms with Crippen molar-refractivity contribution in [2.45, 2.75) is 31.6 Å². The number of aromatic nitrogens is 2. The molecule has 0 N–H and O–H groups in total. The Labute approximate surface area is 100 Å². The number of sulfone groups is 1. The van der Waals surface area contributed by atoms with Gasteiger partial charge in [0.25, 0.3) is 0 Å². The maximum Gasteiger partial charge on any atom is 0.158 e. The highest BCUT2D eigenvalue weighted by molar-refractivity contribution is 7.92. The number of hydrogen-bond donors (Lipinski definition) is 0. The molecule has 1 heterocycles. The van der Waals surface area contributed by atoms with Crippen molar-refractivity contribution in [3.63, 3.8) is 0 Å². The molecule has 96 valence electrons. The Balaban J connectivity index is 2.87. The van der Waals surface area contributed by atoms with E-state index < -0.39 is 20.6 Å². The molecule has 0 saturated carbocycles. The van der Waals surface area contributed by atoms with Crippen LogP contribution in [-0.2, 0) is 21.2 Å². The van der Waals surface area contributed by atoms with E-state index in [9.17, 15) is 18.3 Å². The van der Waals surface area contributed by atoms with Gasteiger partial charge >= 0.3 is 0 Å². The lowest BCUT2D eigenvalue weighted by atomic mass is 10.1. The lowest BCUT2D eigenvalue weighted by Crippen LogP contribution is -2.51. The number of carbonyl (C=O) groups excluding carboxylic acids is 1. The summed E-state index contributed by atoms with van der Waals surface area (Å²) in [6, 6.07) is 0. The highest BCUT2D eigenvalue weighted by atomic mass is 32.2. The predicted octanol–water partition coefficient (Wildman–Crippen LogP) is -0.865. The Morgan fingerprint density at radius 2 is 2.18 bits per heavy atom. The maximum absolute atomic E-state index is 11.5. The molecule has 0 fully saturated rings. The minimum Gasteiger partial charge on any atom is -0.548 e. The number of carboxylic acids is 1. The zero-order chi connectivity index (χ0) is 13.3. The van der Waals surface area contributed by atoms with Crippen LogP contribution in [0.5, 0.6) is 0 Å². The molecule has 0 unspecified atom stereocenters. The van der Waals surface area contributed by atoms with Gasteiger partial charge in [0.2, 0.25) is 0 Å². The van der Waals surface area contributed by atoms with Crippen LogP contribution in [0.15, 0.2) is 12.4 Å². The van der Waals surface area contributed by atoms with E-state index in [0.717, 1.165) is 18.7 Å². The van der Waals surface area contributed by atoms with Gasteiger partial charge < -0.3 is 9.90 Å². The van der Waals surface area contributed by atoms with E-state index in [4.69, 9.17) is 0 Å². The topological polar surface area (TPSA) is 92.1 Å². The van der Waals surface area contributed by atoms with Crippen LogP contribution < -0.4 is 5.11 Å². The zero-order valence-electron chi connectivity index (χ0n) is 10.0. The number of rotatable bonds is 5. The Hall–Kier alpha value is -1.37. The molecule has 0 saturated heterocycles. The van der Waals surface area contributed by atoms with E-state index in [1.807, 2.05) is 6.92 Å². The van der Waals surface area contributed by atoms with Crippen molar-refractivity contribution >= 4 is 15.8 Å². The molecular formula is C10H15N2O4S-. The fourth-order valence-electron chi connectivity index (χ4n) is 1.36. The molecule has 1 aromatic heterocycles. The monoisotopic (exact) mass is 259 g/mol. The summed E-state index contributed by atoms with van der Waals surface area (Å²) in [6.45, 7) is 3.22. The average molecular weight is 259 g/mol. The van der Waals surface area contributed by atoms with Crippen LogP contribution in [0.2, 0.25) is 0 Å². The second-order valence-corrected chi connectivity index (χ2v) is 6.77. The van der Waals surface area contributed by atoms with Gasteiger partial charge in [0.1, 0.15) is 4.75 Å². The zero-order valence-corrected chi connectivity index (χ0v) is 10.8. The van der Waals surface area contributed by atoms with Crippen molar-refractivity contribution in [2.75, 3.05) is 6.26 Å². The van der Waals surface area contributed by atoms with E-state index in [-0.39, 0.29) is 13.0 Å². The molecule has 0 aliphatic heterocycles. The quantitative estimate of drug-likeness (QED) is 0.685. The van der Waals surface area contributed by atoms with E-state index in [2.05, 4.69) is 5.10 Å². The van der Waals surface area contributed by atoms with E-state index in [0.29, 0.717) is 0 Å². The summed E-state index contributed by atoms with van der Waals surface area (Å²) < 4.78 is 22.6. The van der Waals surface area contributed by atoms with E-state index >= 15 is 0 Å². The number of hydrogen-bond acceptors (Lipinski definition) is 5. The summed E-state index contributed by atoms with van der Waals surface area (Å²) in [6.07, 6.45) is 4.17. The first-order chi connectivity index (χ1) is 7.67. The van der Waals surface area contributed by atoms with Crippen molar-refractivity contribution in [1.29, 1.82) is 0 Å². The van der Waals surface area contributed by atoms with E-state index in [1.54, 1.807) is 12.4 Å². The van der Waals surface area contributed by atoms with Crippen molar-refractivity contribution < 1.29 is 18.3 Å². The molecule has 0 aliphatic rings. The third kappa shape index (κ3) is 2.85. The number of carboxylic acid groups (broad SMARTS) is 1. The Bertz CT molecular complexity index is 520. The van der Waals surface area contributed by atoms with Crippen molar-refractivity contribution in [2.24, 2.45) is 0 Å². The minimum absolute atomic E-state index is 0.0741. The first-order valence-corrected chi connectivity index (χ1v) is 6.96. The second kappa shape index (κ2) is 4.48. The summed E-state index contributed by atoms with van der Waals surface area (Å²) in [5.74, 6) is -1.58. The first-order valence-electron chi connectivity index (χ1n) is 5.07. The molecule has 0 amide bonds. The molecule has 0 aromatic carbocycles. The van der Waals surface area contributed by atoms with Gasteiger partial charge in [0, 0.05) is 19.0 Å². The molecule has 0 bridgehead atoms. The van der Waals surface area contributed by atoms with Crippen molar-refractivity contribution in [3.8, 4) is 0 Å². The lowest BCUT2D eigenvalue weighted by molar-refractivity contribution is -0.309. The highest BCUT2D eigenvalue weighted by Gasteiger charge is 2.37. The van der Waals surface area contributed by atoms with Gasteiger partial charge in [-0.25, -0.2) is 8.42 Å². The third-order valence-corrected chi connectivity index (χ3v) is 4.84. The smallest absolute Gasteiger partial charge is 0.158 e. The number of aliphatic carboxylic acids is 1. The van der Waals surface area contributed by atoms with Gasteiger partial charge in [-0.15, -0.1) is 0 Å². The van der Waals surface area contributed by atoms with Crippen LogP contribution in [0.3, 0.4) is 0 Å². The number of carbonyl (C=O) groups is 1. The standard InChI is InChI=1S/C10H16N2O4S/c1-8-6-11-12(7-8)5-4-10(2,9(13)14)17(3,15)16/h6-7H,4-5H2,1-3H3,(H,13,14)/p-1/t10-/m1/s1. The van der Waals surface area contributed by atoms with Gasteiger partial charge in [0.05, 0.1) is 12.2 Å². The maximum atomic E-state index is 11.5. The third-order valence-electron chi connectivity index (χ3n) is 2.83. The van der Waals surface area contributed by atoms with Gasteiger partial charge in [-0.05, 0) is 25.8 Å². The Morgan fingerprint density at radius 3 is 2.53 bits per heavy atom. The van der Waals surface area contributed by atoms with Crippen molar-refractivity contribution in [1.82, 2.24) is 9.78 Å². The van der Waals surface area contributed by atoms with Gasteiger partial charge in [-0.1, -0.05) is 0 Å². The summed E-state index contributed by atoms with van der Waals surface area (Å²) in [5, 5.41) is 14.9. The SMILES string of the molecule is Cc1cnn(CC[C@](C)(C(=O)[O-])S(C)(=O)=O)c1. The minimum atomic E-state index is -3.73. The van der Waals surface area contributed by atoms with Crippen LogP contribution in [0.1, 0.15) is 18.9 Å². The van der Waals surface area contributed by atoms with Crippen LogP contribution >= 0.6 is 0 Å². The molecule has 0 aliphatic carbocycles. The molecule has 6 nitrogen and oxygen atoms in total. The Kier molecular flexibility index (Phi) is 3.61. The fraction of sp³-hybridized carbons (Fsp3) is 0.600. The molecular weight excluding hydrogens is 244 g/mol. The van der Waals surface area contributed by atoms with E-state index in [1.165, 1.54) is 4.68 Å². The number of aryl methyl sites for hydroxylation is 2. The predicted molar refractivity (Wildman–Crippen MR) is 59.8 cm³/mol. The average Bonchev–Trinajstić information content (AvgIpc) is 2.58. The molecule has 1 aromatic rings. The van der Waals surface area contributed by atoms with Gasteiger partial charge in [-0.3, -0.25) is 4.68 Å². The molecule has 0 spiro atoms. The van der Waals surface area contributed by atoms with Gasteiger partial charge in [0.15, 0.2) is 9.84 Å². The Morgan fingerprint density at radius 1 is 1.59 bits per heavy atom. The van der Waals surface area contributed by atoms with Crippen LogP contribution in [0.25, 0.3) is 0 Å².